The number of fused-ring (bicyclic) bond motifs is 1. The topological polar surface area (TPSA) is 56.3 Å². The SMILES string of the molecule is CCCCOc1ccc(Nc2ncnc3cc(OC)ccc23)cc1. The van der Waals surface area contributed by atoms with Crippen LogP contribution in [0, 0.1) is 0 Å². The number of nitrogens with zero attached hydrogens (tertiary/aromatic N) is 2. The first-order valence-corrected chi connectivity index (χ1v) is 8.09. The molecule has 3 rings (SSSR count). The van der Waals surface area contributed by atoms with Gasteiger partial charge in [-0.2, -0.15) is 0 Å². The van der Waals surface area contributed by atoms with Gasteiger partial charge < -0.3 is 14.8 Å². The van der Waals surface area contributed by atoms with Crippen LogP contribution < -0.4 is 14.8 Å². The van der Waals surface area contributed by atoms with E-state index >= 15 is 0 Å². The summed E-state index contributed by atoms with van der Waals surface area (Å²) in [6.45, 7) is 2.90. The largest absolute Gasteiger partial charge is 0.497 e. The predicted molar refractivity (Wildman–Crippen MR) is 96.2 cm³/mol. The summed E-state index contributed by atoms with van der Waals surface area (Å²) in [5.74, 6) is 2.43. The number of ether oxygens (including phenoxy) is 2. The molecule has 1 aromatic heterocycles. The van der Waals surface area contributed by atoms with Crippen LogP contribution in [0.25, 0.3) is 10.9 Å². The van der Waals surface area contributed by atoms with Gasteiger partial charge in [0.15, 0.2) is 0 Å². The highest BCUT2D eigenvalue weighted by Crippen LogP contribution is 2.26. The summed E-state index contributed by atoms with van der Waals surface area (Å²) in [6.07, 6.45) is 3.74. The predicted octanol–water partition coefficient (Wildman–Crippen LogP) is 4.56. The fraction of sp³-hybridized carbons (Fsp3) is 0.263. The molecule has 0 fully saturated rings. The molecule has 1 N–H and O–H groups in total. The van der Waals surface area contributed by atoms with Crippen molar-refractivity contribution in [2.24, 2.45) is 0 Å². The number of rotatable bonds is 7. The summed E-state index contributed by atoms with van der Waals surface area (Å²) in [5.41, 5.74) is 1.79. The van der Waals surface area contributed by atoms with E-state index in [9.17, 15) is 0 Å². The molecule has 0 saturated carbocycles. The molecule has 2 aromatic carbocycles. The minimum absolute atomic E-state index is 0.752. The Kier molecular flexibility index (Phi) is 5.11. The van der Waals surface area contributed by atoms with Crippen molar-refractivity contribution in [3.8, 4) is 11.5 Å². The van der Waals surface area contributed by atoms with E-state index in [0.29, 0.717) is 0 Å². The molecule has 0 aliphatic rings. The molecule has 3 aromatic rings. The van der Waals surface area contributed by atoms with Gasteiger partial charge in [0.05, 0.1) is 19.2 Å². The number of hydrogen-bond acceptors (Lipinski definition) is 5. The summed E-state index contributed by atoms with van der Waals surface area (Å²) in [4.78, 5) is 8.64. The maximum Gasteiger partial charge on any atom is 0.141 e. The third-order valence-corrected chi connectivity index (χ3v) is 3.73. The van der Waals surface area contributed by atoms with E-state index in [1.165, 1.54) is 0 Å². The molecule has 0 aliphatic carbocycles. The molecule has 24 heavy (non-hydrogen) atoms. The Morgan fingerprint density at radius 2 is 1.79 bits per heavy atom. The number of nitrogens with one attached hydrogen (secondary N) is 1. The third kappa shape index (κ3) is 3.74. The number of aromatic nitrogens is 2. The van der Waals surface area contributed by atoms with Crippen LogP contribution in [0.3, 0.4) is 0 Å². The van der Waals surface area contributed by atoms with Gasteiger partial charge in [-0.1, -0.05) is 13.3 Å². The summed E-state index contributed by atoms with van der Waals surface area (Å²) in [7, 11) is 1.64. The number of unbranched alkanes of at least 4 members (excludes halogenated alkanes) is 1. The van der Waals surface area contributed by atoms with Gasteiger partial charge in [0, 0.05) is 17.1 Å². The number of benzene rings is 2. The molecule has 1 heterocycles. The summed E-state index contributed by atoms with van der Waals surface area (Å²) in [6, 6.07) is 13.7. The average Bonchev–Trinajstić information content (AvgIpc) is 2.63. The van der Waals surface area contributed by atoms with Crippen molar-refractivity contribution in [3.05, 3.63) is 48.8 Å². The second-order valence-corrected chi connectivity index (χ2v) is 5.46. The van der Waals surface area contributed by atoms with Crippen molar-refractivity contribution >= 4 is 22.4 Å². The molecule has 0 radical (unpaired) electrons. The molecule has 0 spiro atoms. The lowest BCUT2D eigenvalue weighted by molar-refractivity contribution is 0.309. The first-order chi connectivity index (χ1) is 11.8. The zero-order chi connectivity index (χ0) is 16.8. The van der Waals surface area contributed by atoms with Crippen molar-refractivity contribution < 1.29 is 9.47 Å². The first kappa shape index (κ1) is 16.1. The van der Waals surface area contributed by atoms with E-state index in [4.69, 9.17) is 9.47 Å². The average molecular weight is 323 g/mol. The normalized spacial score (nSPS) is 10.6. The molecule has 0 saturated heterocycles. The van der Waals surface area contributed by atoms with Gasteiger partial charge >= 0.3 is 0 Å². The molecule has 5 heteroatoms. The summed E-state index contributed by atoms with van der Waals surface area (Å²) in [5, 5.41) is 4.28. The third-order valence-electron chi connectivity index (χ3n) is 3.73. The molecule has 0 bridgehead atoms. The standard InChI is InChI=1S/C19H21N3O2/c1-3-4-11-24-15-7-5-14(6-8-15)22-19-17-10-9-16(23-2)12-18(17)20-13-21-19/h5-10,12-13H,3-4,11H2,1-2H3,(H,20,21,22). The first-order valence-electron chi connectivity index (χ1n) is 8.09. The quantitative estimate of drug-likeness (QED) is 0.646. The minimum atomic E-state index is 0.752. The molecule has 0 atom stereocenters. The highest BCUT2D eigenvalue weighted by atomic mass is 16.5. The van der Waals surface area contributed by atoms with Crippen molar-refractivity contribution in [1.82, 2.24) is 9.97 Å². The van der Waals surface area contributed by atoms with Crippen LogP contribution in [0.2, 0.25) is 0 Å². The Balaban J connectivity index is 1.77. The van der Waals surface area contributed by atoms with Crippen LogP contribution in [0.4, 0.5) is 11.5 Å². The Hall–Kier alpha value is -2.82. The van der Waals surface area contributed by atoms with Crippen LogP contribution in [0.1, 0.15) is 19.8 Å². The fourth-order valence-electron chi connectivity index (χ4n) is 2.37. The number of hydrogen-bond donors (Lipinski definition) is 1. The van der Waals surface area contributed by atoms with Crippen LogP contribution in [0.5, 0.6) is 11.5 Å². The van der Waals surface area contributed by atoms with Crippen LogP contribution in [-0.2, 0) is 0 Å². The minimum Gasteiger partial charge on any atom is -0.497 e. The fourth-order valence-corrected chi connectivity index (χ4v) is 2.37. The Labute approximate surface area is 141 Å². The highest BCUT2D eigenvalue weighted by Gasteiger charge is 2.05. The van der Waals surface area contributed by atoms with Crippen molar-refractivity contribution in [2.45, 2.75) is 19.8 Å². The molecule has 0 amide bonds. The number of methoxy groups -OCH3 is 1. The maximum absolute atomic E-state index is 5.68. The van der Waals surface area contributed by atoms with Crippen LogP contribution >= 0.6 is 0 Å². The van der Waals surface area contributed by atoms with E-state index in [1.807, 2.05) is 42.5 Å². The van der Waals surface area contributed by atoms with Crippen LogP contribution in [0.15, 0.2) is 48.8 Å². The smallest absolute Gasteiger partial charge is 0.141 e. The van der Waals surface area contributed by atoms with Gasteiger partial charge in [-0.3, -0.25) is 0 Å². The van der Waals surface area contributed by atoms with Gasteiger partial charge in [-0.25, -0.2) is 9.97 Å². The van der Waals surface area contributed by atoms with E-state index in [-0.39, 0.29) is 0 Å². The Bertz CT molecular complexity index is 803. The molecule has 5 nitrogen and oxygen atoms in total. The second kappa shape index (κ2) is 7.64. The lowest BCUT2D eigenvalue weighted by Gasteiger charge is -2.10. The van der Waals surface area contributed by atoms with Crippen molar-refractivity contribution in [1.29, 1.82) is 0 Å². The van der Waals surface area contributed by atoms with Gasteiger partial charge in [-0.15, -0.1) is 0 Å². The lowest BCUT2D eigenvalue weighted by atomic mass is 10.2. The molecule has 124 valence electrons. The van der Waals surface area contributed by atoms with Crippen molar-refractivity contribution in [3.63, 3.8) is 0 Å². The maximum atomic E-state index is 5.68. The molecular formula is C19H21N3O2. The Morgan fingerprint density at radius 1 is 1.00 bits per heavy atom. The molecule has 0 aliphatic heterocycles. The van der Waals surface area contributed by atoms with E-state index in [1.54, 1.807) is 13.4 Å². The van der Waals surface area contributed by atoms with Crippen LogP contribution in [-0.4, -0.2) is 23.7 Å². The Morgan fingerprint density at radius 3 is 2.54 bits per heavy atom. The zero-order valence-electron chi connectivity index (χ0n) is 14.0. The summed E-state index contributed by atoms with van der Waals surface area (Å²) < 4.78 is 10.9. The van der Waals surface area contributed by atoms with Crippen molar-refractivity contribution in [2.75, 3.05) is 19.0 Å². The van der Waals surface area contributed by atoms with Gasteiger partial charge in [-0.05, 0) is 42.8 Å². The summed E-state index contributed by atoms with van der Waals surface area (Å²) >= 11 is 0. The second-order valence-electron chi connectivity index (χ2n) is 5.46. The van der Waals surface area contributed by atoms with E-state index < -0.39 is 0 Å². The van der Waals surface area contributed by atoms with Gasteiger partial charge in [0.25, 0.3) is 0 Å². The number of anilines is 2. The zero-order valence-corrected chi connectivity index (χ0v) is 14.0. The van der Waals surface area contributed by atoms with E-state index in [0.717, 1.165) is 53.4 Å². The van der Waals surface area contributed by atoms with Gasteiger partial charge in [0.1, 0.15) is 23.6 Å². The monoisotopic (exact) mass is 323 g/mol. The molecular weight excluding hydrogens is 302 g/mol. The van der Waals surface area contributed by atoms with E-state index in [2.05, 4.69) is 22.2 Å². The van der Waals surface area contributed by atoms with Gasteiger partial charge in [0.2, 0.25) is 0 Å². The lowest BCUT2D eigenvalue weighted by Crippen LogP contribution is -1.98. The highest BCUT2D eigenvalue weighted by molar-refractivity contribution is 5.91. The molecule has 0 unspecified atom stereocenters.